The maximum absolute atomic E-state index is 12.4. The van der Waals surface area contributed by atoms with Crippen molar-refractivity contribution in [3.05, 3.63) is 0 Å². The molecule has 2 rings (SSSR count). The minimum Gasteiger partial charge on any atom is -0.375 e. The van der Waals surface area contributed by atoms with Gasteiger partial charge in [0.25, 0.3) is 0 Å². The van der Waals surface area contributed by atoms with Gasteiger partial charge in [-0.15, -0.1) is 0 Å². The van der Waals surface area contributed by atoms with Gasteiger partial charge in [0.1, 0.15) is 0 Å². The van der Waals surface area contributed by atoms with Crippen LogP contribution in [0.15, 0.2) is 0 Å². The Hall–Kier alpha value is -0.610. The molecule has 2 N–H and O–H groups in total. The first kappa shape index (κ1) is 13.8. The molecule has 4 nitrogen and oxygen atoms in total. The molecule has 1 aliphatic heterocycles. The van der Waals surface area contributed by atoms with E-state index in [1.165, 1.54) is 0 Å². The summed E-state index contributed by atoms with van der Waals surface area (Å²) in [6.07, 6.45) is 5.51. The third-order valence-corrected chi connectivity index (χ3v) is 4.44. The summed E-state index contributed by atoms with van der Waals surface area (Å²) in [6, 6.07) is 0. The fourth-order valence-electron chi connectivity index (χ4n) is 3.07. The molecule has 18 heavy (non-hydrogen) atoms. The number of carbonyl (C=O) groups excluding carboxylic acids is 1. The first-order valence-corrected chi connectivity index (χ1v) is 7.35. The summed E-state index contributed by atoms with van der Waals surface area (Å²) in [5.74, 6) is 1.23. The van der Waals surface area contributed by atoms with Crippen LogP contribution in [0.1, 0.15) is 39.0 Å². The van der Waals surface area contributed by atoms with Crippen LogP contribution >= 0.6 is 0 Å². The zero-order valence-electron chi connectivity index (χ0n) is 11.4. The molecule has 0 radical (unpaired) electrons. The van der Waals surface area contributed by atoms with Gasteiger partial charge >= 0.3 is 0 Å². The summed E-state index contributed by atoms with van der Waals surface area (Å²) in [7, 11) is 0. The van der Waals surface area contributed by atoms with Crippen LogP contribution in [0.4, 0.5) is 0 Å². The van der Waals surface area contributed by atoms with Gasteiger partial charge in [-0.05, 0) is 44.6 Å². The smallest absolute Gasteiger partial charge is 0.225 e. The highest BCUT2D eigenvalue weighted by molar-refractivity contribution is 5.79. The second-order valence-electron chi connectivity index (χ2n) is 5.64. The van der Waals surface area contributed by atoms with E-state index in [2.05, 4.69) is 6.92 Å². The highest BCUT2D eigenvalue weighted by atomic mass is 16.5. The van der Waals surface area contributed by atoms with Crippen molar-refractivity contribution >= 4 is 5.91 Å². The topological polar surface area (TPSA) is 55.6 Å². The zero-order chi connectivity index (χ0) is 13.0. The SMILES string of the molecule is CCC1CN(C(=O)C2CCC(CN)CC2)CCO1. The summed E-state index contributed by atoms with van der Waals surface area (Å²) in [5, 5.41) is 0. The van der Waals surface area contributed by atoms with Gasteiger partial charge in [0.15, 0.2) is 0 Å². The van der Waals surface area contributed by atoms with E-state index in [1.807, 2.05) is 4.90 Å². The molecule has 1 atom stereocenters. The van der Waals surface area contributed by atoms with E-state index >= 15 is 0 Å². The number of hydrogen-bond donors (Lipinski definition) is 1. The number of amides is 1. The van der Waals surface area contributed by atoms with Gasteiger partial charge in [0.2, 0.25) is 5.91 Å². The number of ether oxygens (including phenoxy) is 1. The predicted octanol–water partition coefficient (Wildman–Crippen LogP) is 1.39. The average molecular weight is 254 g/mol. The third-order valence-electron chi connectivity index (χ3n) is 4.44. The average Bonchev–Trinajstić information content (AvgIpc) is 2.46. The molecule has 0 aromatic rings. The maximum Gasteiger partial charge on any atom is 0.225 e. The standard InChI is InChI=1S/C14H26N2O2/c1-2-13-10-16(7-8-18-13)14(17)12-5-3-11(9-15)4-6-12/h11-13H,2-10,15H2,1H3. The lowest BCUT2D eigenvalue weighted by molar-refractivity contribution is -0.144. The highest BCUT2D eigenvalue weighted by Gasteiger charge is 2.31. The third kappa shape index (κ3) is 3.23. The van der Waals surface area contributed by atoms with Crippen LogP contribution in [0, 0.1) is 11.8 Å². The molecular formula is C14H26N2O2. The second-order valence-corrected chi connectivity index (χ2v) is 5.64. The van der Waals surface area contributed by atoms with Crippen molar-refractivity contribution in [1.82, 2.24) is 4.90 Å². The Balaban J connectivity index is 1.83. The highest BCUT2D eigenvalue weighted by Crippen LogP contribution is 2.29. The van der Waals surface area contributed by atoms with Gasteiger partial charge in [-0.3, -0.25) is 4.79 Å². The number of nitrogens with zero attached hydrogens (tertiary/aromatic N) is 1. The lowest BCUT2D eigenvalue weighted by Crippen LogP contribution is -2.48. The van der Waals surface area contributed by atoms with Crippen molar-refractivity contribution in [2.24, 2.45) is 17.6 Å². The molecule has 1 heterocycles. The van der Waals surface area contributed by atoms with E-state index in [0.717, 1.165) is 51.7 Å². The van der Waals surface area contributed by atoms with Crippen LogP contribution in [-0.4, -0.2) is 43.2 Å². The molecule has 0 spiro atoms. The fraction of sp³-hybridized carbons (Fsp3) is 0.929. The number of rotatable bonds is 3. The molecule has 1 aliphatic carbocycles. The van der Waals surface area contributed by atoms with Crippen LogP contribution in [0.3, 0.4) is 0 Å². The van der Waals surface area contributed by atoms with Gasteiger partial charge in [-0.25, -0.2) is 0 Å². The molecule has 2 fully saturated rings. The Morgan fingerprint density at radius 2 is 2.06 bits per heavy atom. The number of nitrogens with two attached hydrogens (primary N) is 1. The summed E-state index contributed by atoms with van der Waals surface area (Å²) in [5.41, 5.74) is 5.69. The Morgan fingerprint density at radius 3 is 2.67 bits per heavy atom. The van der Waals surface area contributed by atoms with Gasteiger partial charge in [-0.1, -0.05) is 6.92 Å². The fourth-order valence-corrected chi connectivity index (χ4v) is 3.07. The van der Waals surface area contributed by atoms with Crippen molar-refractivity contribution in [3.63, 3.8) is 0 Å². The van der Waals surface area contributed by atoms with Crippen LogP contribution in [-0.2, 0) is 9.53 Å². The van der Waals surface area contributed by atoms with Crippen LogP contribution in [0.25, 0.3) is 0 Å². The molecule has 1 amide bonds. The van der Waals surface area contributed by atoms with Crippen molar-refractivity contribution in [1.29, 1.82) is 0 Å². The van der Waals surface area contributed by atoms with E-state index in [1.54, 1.807) is 0 Å². The van der Waals surface area contributed by atoms with Gasteiger partial charge in [-0.2, -0.15) is 0 Å². The van der Waals surface area contributed by atoms with Crippen molar-refractivity contribution in [2.45, 2.75) is 45.1 Å². The largest absolute Gasteiger partial charge is 0.375 e. The quantitative estimate of drug-likeness (QED) is 0.828. The molecular weight excluding hydrogens is 228 g/mol. The van der Waals surface area contributed by atoms with Crippen molar-refractivity contribution in [3.8, 4) is 0 Å². The first-order chi connectivity index (χ1) is 8.74. The van der Waals surface area contributed by atoms with E-state index in [0.29, 0.717) is 18.4 Å². The van der Waals surface area contributed by atoms with Crippen LogP contribution in [0.5, 0.6) is 0 Å². The maximum atomic E-state index is 12.4. The Bertz CT molecular complexity index is 275. The minimum atomic E-state index is 0.239. The van der Waals surface area contributed by atoms with Crippen LogP contribution < -0.4 is 5.73 Å². The van der Waals surface area contributed by atoms with Gasteiger partial charge in [0.05, 0.1) is 12.7 Å². The van der Waals surface area contributed by atoms with Crippen molar-refractivity contribution < 1.29 is 9.53 Å². The lowest BCUT2D eigenvalue weighted by Gasteiger charge is -2.36. The Labute approximate surface area is 110 Å². The lowest BCUT2D eigenvalue weighted by atomic mass is 9.81. The van der Waals surface area contributed by atoms with Crippen molar-refractivity contribution in [2.75, 3.05) is 26.2 Å². The van der Waals surface area contributed by atoms with Gasteiger partial charge in [0, 0.05) is 19.0 Å². The first-order valence-electron chi connectivity index (χ1n) is 7.35. The summed E-state index contributed by atoms with van der Waals surface area (Å²) in [6.45, 7) is 5.14. The molecule has 0 aromatic heterocycles. The Kier molecular flexibility index (Phi) is 5.01. The number of hydrogen-bond acceptors (Lipinski definition) is 3. The minimum absolute atomic E-state index is 0.239. The number of carbonyl (C=O) groups is 1. The molecule has 4 heteroatoms. The summed E-state index contributed by atoms with van der Waals surface area (Å²) < 4.78 is 5.62. The normalized spacial score (nSPS) is 33.4. The molecule has 2 aliphatic rings. The monoisotopic (exact) mass is 254 g/mol. The van der Waals surface area contributed by atoms with E-state index in [9.17, 15) is 4.79 Å². The molecule has 0 aromatic carbocycles. The van der Waals surface area contributed by atoms with E-state index in [4.69, 9.17) is 10.5 Å². The predicted molar refractivity (Wildman–Crippen MR) is 71.1 cm³/mol. The second kappa shape index (κ2) is 6.53. The summed E-state index contributed by atoms with van der Waals surface area (Å²) >= 11 is 0. The Morgan fingerprint density at radius 1 is 1.33 bits per heavy atom. The molecule has 1 unspecified atom stereocenters. The van der Waals surface area contributed by atoms with Crippen LogP contribution in [0.2, 0.25) is 0 Å². The zero-order valence-corrected chi connectivity index (χ0v) is 11.4. The molecule has 0 bridgehead atoms. The summed E-state index contributed by atoms with van der Waals surface area (Å²) in [4.78, 5) is 14.5. The molecule has 1 saturated heterocycles. The number of morpholine rings is 1. The van der Waals surface area contributed by atoms with Gasteiger partial charge < -0.3 is 15.4 Å². The molecule has 104 valence electrons. The van der Waals surface area contributed by atoms with E-state index < -0.39 is 0 Å². The molecule has 1 saturated carbocycles. The van der Waals surface area contributed by atoms with E-state index in [-0.39, 0.29) is 12.0 Å².